The predicted octanol–water partition coefficient (Wildman–Crippen LogP) is 4.72. The van der Waals surface area contributed by atoms with Crippen LogP contribution in [0.3, 0.4) is 0 Å². The summed E-state index contributed by atoms with van der Waals surface area (Å²) in [6.45, 7) is 1.61. The van der Waals surface area contributed by atoms with Crippen LogP contribution in [-0.2, 0) is 11.8 Å². The molecule has 1 N–H and O–H groups in total. The lowest BCUT2D eigenvalue weighted by molar-refractivity contribution is -0.124. The van der Waals surface area contributed by atoms with Crippen LogP contribution in [0.4, 0.5) is 5.69 Å². The highest BCUT2D eigenvalue weighted by molar-refractivity contribution is 9.10. The quantitative estimate of drug-likeness (QED) is 0.642. The Morgan fingerprint density at radius 1 is 1.24 bits per heavy atom. The van der Waals surface area contributed by atoms with E-state index < -0.39 is 12.0 Å². The van der Waals surface area contributed by atoms with E-state index in [1.165, 1.54) is 0 Å². The molecule has 3 aromatic rings. The first-order valence-corrected chi connectivity index (χ1v) is 8.41. The number of hydrogen-bond acceptors (Lipinski definition) is 4. The lowest BCUT2D eigenvalue weighted by atomic mass is 10.2. The number of para-hydroxylation sites is 1. The van der Waals surface area contributed by atoms with Gasteiger partial charge < -0.3 is 14.4 Å². The van der Waals surface area contributed by atoms with Crippen molar-refractivity contribution in [2.75, 3.05) is 0 Å². The summed E-state index contributed by atoms with van der Waals surface area (Å²) < 4.78 is 7.96. The van der Waals surface area contributed by atoms with Gasteiger partial charge in [-0.2, -0.15) is 0 Å². The van der Waals surface area contributed by atoms with Crippen LogP contribution in [0.15, 0.2) is 63.2 Å². The molecular formula is C18H16BrN3O3. The van der Waals surface area contributed by atoms with Gasteiger partial charge in [0, 0.05) is 16.9 Å². The van der Waals surface area contributed by atoms with Gasteiger partial charge in [-0.1, -0.05) is 34.1 Å². The third-order valence-electron chi connectivity index (χ3n) is 3.76. The zero-order chi connectivity index (χ0) is 18.0. The number of aromatic hydroxyl groups is 1. The number of fused-ring (bicyclic) bond motifs is 1. The number of halogens is 1. The van der Waals surface area contributed by atoms with Crippen LogP contribution in [0.5, 0.6) is 11.6 Å². The Morgan fingerprint density at radius 3 is 2.68 bits per heavy atom. The molecule has 0 saturated carbocycles. The van der Waals surface area contributed by atoms with E-state index in [2.05, 4.69) is 26.2 Å². The van der Waals surface area contributed by atoms with Crippen molar-refractivity contribution in [3.63, 3.8) is 0 Å². The van der Waals surface area contributed by atoms with Gasteiger partial charge in [0.2, 0.25) is 5.88 Å². The number of aromatic nitrogens is 1. The monoisotopic (exact) mass is 401 g/mol. The normalized spacial score (nSPS) is 12.6. The molecule has 0 aliphatic heterocycles. The molecule has 25 heavy (non-hydrogen) atoms. The lowest BCUT2D eigenvalue weighted by Crippen LogP contribution is -2.21. The summed E-state index contributed by atoms with van der Waals surface area (Å²) in [7, 11) is 1.72. The van der Waals surface area contributed by atoms with E-state index in [1.807, 2.05) is 36.4 Å². The number of amides is 1. The molecule has 0 aliphatic rings. The zero-order valence-corrected chi connectivity index (χ0v) is 15.3. The fourth-order valence-electron chi connectivity index (χ4n) is 2.42. The van der Waals surface area contributed by atoms with Crippen LogP contribution in [0, 0.1) is 0 Å². The largest absolute Gasteiger partial charge is 0.493 e. The van der Waals surface area contributed by atoms with Crippen molar-refractivity contribution in [2.24, 2.45) is 17.3 Å². The van der Waals surface area contributed by atoms with Gasteiger partial charge in [-0.05, 0) is 37.3 Å². The standard InChI is InChI=1S/C18H16BrN3O3/c1-11(25-13-6-4-3-5-7-13)17(23)21-20-16-14-10-12(19)8-9-15(14)22(2)18(16)24/h3-11,24H,1-2H3. The van der Waals surface area contributed by atoms with E-state index in [4.69, 9.17) is 4.74 Å². The van der Waals surface area contributed by atoms with E-state index in [1.54, 1.807) is 30.7 Å². The van der Waals surface area contributed by atoms with E-state index in [9.17, 15) is 9.90 Å². The van der Waals surface area contributed by atoms with Gasteiger partial charge in [-0.15, -0.1) is 10.2 Å². The molecule has 6 nitrogen and oxygen atoms in total. The van der Waals surface area contributed by atoms with Gasteiger partial charge in [0.25, 0.3) is 0 Å². The SMILES string of the molecule is CC(Oc1ccccc1)C(=O)N=Nc1c(O)n(C)c2ccc(Br)cc12. The van der Waals surface area contributed by atoms with Crippen LogP contribution in [-0.4, -0.2) is 21.7 Å². The smallest absolute Gasteiger partial charge is 0.304 e. The topological polar surface area (TPSA) is 76.2 Å². The molecule has 0 saturated heterocycles. The van der Waals surface area contributed by atoms with Crippen molar-refractivity contribution in [3.8, 4) is 11.6 Å². The second-order valence-corrected chi connectivity index (χ2v) is 6.42. The van der Waals surface area contributed by atoms with Crippen LogP contribution >= 0.6 is 15.9 Å². The molecule has 128 valence electrons. The molecule has 7 heteroatoms. The van der Waals surface area contributed by atoms with Crippen molar-refractivity contribution in [3.05, 3.63) is 53.0 Å². The van der Waals surface area contributed by atoms with Crippen LogP contribution in [0.25, 0.3) is 10.9 Å². The Labute approximate surface area is 152 Å². The molecular weight excluding hydrogens is 386 g/mol. The molecule has 1 amide bonds. The molecule has 0 bridgehead atoms. The first-order chi connectivity index (χ1) is 12.0. The minimum atomic E-state index is -0.782. The Bertz CT molecular complexity index is 951. The highest BCUT2D eigenvalue weighted by Gasteiger charge is 2.17. The zero-order valence-electron chi connectivity index (χ0n) is 13.7. The summed E-state index contributed by atoms with van der Waals surface area (Å²) >= 11 is 3.39. The third-order valence-corrected chi connectivity index (χ3v) is 4.25. The Morgan fingerprint density at radius 2 is 1.96 bits per heavy atom. The molecule has 0 spiro atoms. The Hall–Kier alpha value is -2.67. The average molecular weight is 402 g/mol. The molecule has 1 unspecified atom stereocenters. The number of azo groups is 1. The molecule has 0 aliphatic carbocycles. The fourth-order valence-corrected chi connectivity index (χ4v) is 2.78. The number of carbonyl (C=O) groups excluding carboxylic acids is 1. The van der Waals surface area contributed by atoms with Gasteiger partial charge in [-0.3, -0.25) is 4.79 Å². The predicted molar refractivity (Wildman–Crippen MR) is 98.3 cm³/mol. The van der Waals surface area contributed by atoms with Crippen molar-refractivity contribution in [1.29, 1.82) is 0 Å². The number of benzene rings is 2. The van der Waals surface area contributed by atoms with Crippen LogP contribution < -0.4 is 4.74 Å². The van der Waals surface area contributed by atoms with Gasteiger partial charge >= 0.3 is 5.91 Å². The number of aryl methyl sites for hydroxylation is 1. The maximum Gasteiger partial charge on any atom is 0.304 e. The average Bonchev–Trinajstić information content (AvgIpc) is 2.84. The van der Waals surface area contributed by atoms with E-state index in [-0.39, 0.29) is 11.6 Å². The molecule has 0 fully saturated rings. The molecule has 1 aromatic heterocycles. The highest BCUT2D eigenvalue weighted by atomic mass is 79.9. The third kappa shape index (κ3) is 3.56. The van der Waals surface area contributed by atoms with E-state index in [0.717, 1.165) is 9.99 Å². The molecule has 1 heterocycles. The summed E-state index contributed by atoms with van der Waals surface area (Å²) in [5.74, 6) is -0.00739. The number of ether oxygens (including phenoxy) is 1. The number of hydrogen-bond donors (Lipinski definition) is 1. The van der Waals surface area contributed by atoms with Gasteiger partial charge in [0.15, 0.2) is 11.8 Å². The summed E-state index contributed by atoms with van der Waals surface area (Å²) in [6, 6.07) is 14.5. The van der Waals surface area contributed by atoms with Crippen molar-refractivity contribution >= 4 is 38.4 Å². The van der Waals surface area contributed by atoms with Gasteiger partial charge in [0.1, 0.15) is 5.75 Å². The van der Waals surface area contributed by atoms with Crippen molar-refractivity contribution in [2.45, 2.75) is 13.0 Å². The Kier molecular flexibility index (Phi) is 4.85. The maximum absolute atomic E-state index is 12.2. The van der Waals surface area contributed by atoms with E-state index >= 15 is 0 Å². The first kappa shape index (κ1) is 17.2. The number of carbonyl (C=O) groups is 1. The first-order valence-electron chi connectivity index (χ1n) is 7.61. The highest BCUT2D eigenvalue weighted by Crippen LogP contribution is 2.39. The molecule has 1 atom stereocenters. The van der Waals surface area contributed by atoms with Crippen LogP contribution in [0.1, 0.15) is 6.92 Å². The number of rotatable bonds is 4. The van der Waals surface area contributed by atoms with E-state index in [0.29, 0.717) is 11.1 Å². The molecule has 2 aromatic carbocycles. The minimum Gasteiger partial charge on any atom is -0.493 e. The van der Waals surface area contributed by atoms with Crippen molar-refractivity contribution in [1.82, 2.24) is 4.57 Å². The van der Waals surface area contributed by atoms with Crippen LogP contribution in [0.2, 0.25) is 0 Å². The van der Waals surface area contributed by atoms with Gasteiger partial charge in [-0.25, -0.2) is 0 Å². The lowest BCUT2D eigenvalue weighted by Gasteiger charge is -2.10. The minimum absolute atomic E-state index is 0.0544. The maximum atomic E-state index is 12.2. The summed E-state index contributed by atoms with van der Waals surface area (Å²) in [4.78, 5) is 12.2. The number of nitrogens with zero attached hydrogens (tertiary/aromatic N) is 3. The summed E-state index contributed by atoms with van der Waals surface area (Å²) in [5, 5.41) is 18.6. The van der Waals surface area contributed by atoms with Gasteiger partial charge in [0.05, 0.1) is 5.52 Å². The van der Waals surface area contributed by atoms with Crippen molar-refractivity contribution < 1.29 is 14.6 Å². The molecule has 0 radical (unpaired) electrons. The summed E-state index contributed by atoms with van der Waals surface area (Å²) in [6.07, 6.45) is -0.782. The fraction of sp³-hybridized carbons (Fsp3) is 0.167. The summed E-state index contributed by atoms with van der Waals surface area (Å²) in [5.41, 5.74) is 1.04. The Balaban J connectivity index is 1.84. The second-order valence-electron chi connectivity index (χ2n) is 5.50. The second kappa shape index (κ2) is 7.06. The molecule has 3 rings (SSSR count).